The molecule has 0 radical (unpaired) electrons. The van der Waals surface area contributed by atoms with Crippen LogP contribution in [0.2, 0.25) is 5.02 Å². The molecule has 106 heavy (non-hydrogen) atoms. The van der Waals surface area contributed by atoms with E-state index in [4.69, 9.17) is 27.9 Å². The Bertz CT molecular complexity index is 4750. The molecule has 2 fully saturated rings. The molecule has 29 heteroatoms. The van der Waals surface area contributed by atoms with Gasteiger partial charge in [0.2, 0.25) is 20.0 Å². The summed E-state index contributed by atoms with van der Waals surface area (Å²) in [7, 11) is -7.46. The molecule has 2 saturated heterocycles. The number of aliphatic imine (C=N–C) groups is 1. The minimum Gasteiger partial charge on any atom is -0.463 e. The number of allylic oxidation sites excluding steroid dienone is 1. The zero-order valence-electron chi connectivity index (χ0n) is 57.9. The van der Waals surface area contributed by atoms with Crippen LogP contribution in [0, 0.1) is 34.9 Å². The number of hydrogen-bond acceptors (Lipinski definition) is 13. The maximum Gasteiger partial charge on any atom is 0.293 e. The lowest BCUT2D eigenvalue weighted by Gasteiger charge is -2.28. The predicted molar refractivity (Wildman–Crippen MR) is 392 cm³/mol. The number of benzene rings is 7. The molecule has 4 heterocycles. The summed E-state index contributed by atoms with van der Waals surface area (Å²) in [6.07, 6.45) is 8.37. The van der Waals surface area contributed by atoms with Gasteiger partial charge in [-0.3, -0.25) is 29.0 Å². The molecule has 3 aliphatic heterocycles. The van der Waals surface area contributed by atoms with E-state index in [2.05, 4.69) is 36.0 Å². The standard InChI is InChI=1S/C21H21ClN2O2.C20H24N2O3S.C18H13ClF3N3O2.C18H19F3N2O3S/c22-18(16-10-4-1-5-11-16)19(21(26)24-14-8-3-9-15-24)23-20(25)17-12-6-2-7-13-17;23-20(21-16-17-9-4-3-5-10-17)18-11-8-12-19(15-18)26(24,25)22-13-6-1-2-7-14-22;1-9-13(7-27-8-26)16(12-3-2-10(20)4-14(12)19)25-18(24-9)17-15(22)5-11(21)6-23-17;1-3-11(2)23-27(25,26)13-5-7-15(19)14(9-13)18(24)22-10-12-4-6-16(20)17(21)8-12/h1-2,4-7,10-13H,3,8-9,14-15H2,(H,23,25);3-5,8-12,15H,1-2,6-7,13-14,16H2,(H,21,23);2-6,8,16H,7H2,1H3,(H,24,25);4-9,11,23H,3,10H2,1-2H3,(H,22,24)/b19-18+;;;/t;;16-;/m..0./s1. The van der Waals surface area contributed by atoms with Gasteiger partial charge in [-0.2, -0.15) is 4.31 Å². The number of sulfonamides is 2. The van der Waals surface area contributed by atoms with Crippen molar-refractivity contribution in [2.45, 2.75) is 107 Å². The molecule has 19 nitrogen and oxygen atoms in total. The van der Waals surface area contributed by atoms with E-state index in [1.54, 1.807) is 72.4 Å². The van der Waals surface area contributed by atoms with Gasteiger partial charge in [0, 0.05) is 78.8 Å². The third-order valence-electron chi connectivity index (χ3n) is 16.8. The van der Waals surface area contributed by atoms with Crippen LogP contribution in [0.25, 0.3) is 5.03 Å². The van der Waals surface area contributed by atoms with Crippen molar-refractivity contribution in [3.63, 3.8) is 0 Å². The van der Waals surface area contributed by atoms with Gasteiger partial charge in [0.25, 0.3) is 30.1 Å². The first-order valence-corrected chi connectivity index (χ1v) is 37.4. The average Bonchev–Trinajstić information content (AvgIpc) is 0.795. The van der Waals surface area contributed by atoms with E-state index in [9.17, 15) is 67.2 Å². The summed E-state index contributed by atoms with van der Waals surface area (Å²) < 4.78 is 140. The minimum atomic E-state index is -3.91. The number of nitrogens with zero attached hydrogens (tertiary/aromatic N) is 4. The number of amidine groups is 1. The Morgan fingerprint density at radius 2 is 1.23 bits per heavy atom. The molecule has 0 bridgehead atoms. The zero-order chi connectivity index (χ0) is 76.5. The van der Waals surface area contributed by atoms with Crippen molar-refractivity contribution in [1.82, 2.24) is 40.2 Å². The fourth-order valence-corrected chi connectivity index (χ4v) is 14.4. The lowest BCUT2D eigenvalue weighted by molar-refractivity contribution is -0.128. The summed E-state index contributed by atoms with van der Waals surface area (Å²) in [6.45, 7) is 8.02. The van der Waals surface area contributed by atoms with Gasteiger partial charge in [-0.15, -0.1) is 0 Å². The third-order valence-corrected chi connectivity index (χ3v) is 21.1. The topological polar surface area (TPSA) is 255 Å². The SMILES string of the molecule is CC1=C(COC=O)[C@H](c2ccc(F)cc2Cl)N=C(c2ncc(F)cc2F)N1.CCC(C)NS(=O)(=O)c1ccc(F)c(C(=O)NCc2ccc(F)c(F)c2)c1.O=C(N/C(C(=O)N1CCCCC1)=C(/Cl)c1ccccc1)c1ccccc1.O=C(NCc1ccccc1)c1cccc(S(=O)(=O)N2CCCCCC2)c1. The highest BCUT2D eigenvalue weighted by Gasteiger charge is 2.31. The Kier molecular flexibility index (Phi) is 30.3. The maximum atomic E-state index is 14.1. The largest absolute Gasteiger partial charge is 0.463 e. The number of amides is 4. The molecule has 4 amide bonds. The second-order valence-corrected chi connectivity index (χ2v) is 28.9. The first-order chi connectivity index (χ1) is 50.8. The fraction of sp³-hybridized carbons (Fsp3) is 0.260. The molecule has 5 N–H and O–H groups in total. The molecule has 2 atom stereocenters. The Labute approximate surface area is 621 Å². The molecule has 1 unspecified atom stereocenters. The quantitative estimate of drug-likeness (QED) is 0.0256. The summed E-state index contributed by atoms with van der Waals surface area (Å²) >= 11 is 12.7. The van der Waals surface area contributed by atoms with Crippen LogP contribution in [-0.2, 0) is 47.5 Å². The van der Waals surface area contributed by atoms with Crippen molar-refractivity contribution >= 4 is 84.2 Å². The first-order valence-electron chi connectivity index (χ1n) is 33.7. The molecule has 1 aromatic heterocycles. The molecule has 0 saturated carbocycles. The van der Waals surface area contributed by atoms with Crippen LogP contribution in [0.4, 0.5) is 26.3 Å². The number of aromatic nitrogens is 1. The summed E-state index contributed by atoms with van der Waals surface area (Å²) in [6, 6.07) is 43.3. The molecule has 7 aromatic carbocycles. The highest BCUT2D eigenvalue weighted by Crippen LogP contribution is 2.36. The summed E-state index contributed by atoms with van der Waals surface area (Å²) in [5, 5.41) is 11.2. The number of ether oxygens (including phenoxy) is 1. The number of nitrogens with one attached hydrogen (secondary N) is 5. The van der Waals surface area contributed by atoms with Gasteiger partial charge in [-0.25, -0.2) is 52.9 Å². The van der Waals surface area contributed by atoms with Gasteiger partial charge >= 0.3 is 0 Å². The van der Waals surface area contributed by atoms with E-state index in [0.29, 0.717) is 78.7 Å². The minimum absolute atomic E-state index is 0.0465. The number of carbonyl (C=O) groups is 5. The van der Waals surface area contributed by atoms with Crippen molar-refractivity contribution < 1.29 is 71.9 Å². The lowest BCUT2D eigenvalue weighted by Crippen LogP contribution is -2.41. The van der Waals surface area contributed by atoms with Gasteiger partial charge in [0.05, 0.1) is 26.6 Å². The van der Waals surface area contributed by atoms with Crippen LogP contribution in [-0.4, -0.2) is 106 Å². The number of likely N-dealkylation sites (tertiary alicyclic amines) is 1. The molecular weight excluding hydrogens is 1460 g/mol. The highest BCUT2D eigenvalue weighted by molar-refractivity contribution is 7.89. The average molecular weight is 1540 g/mol. The number of hydrogen-bond donors (Lipinski definition) is 5. The van der Waals surface area contributed by atoms with E-state index in [-0.39, 0.29) is 86.0 Å². The van der Waals surface area contributed by atoms with Crippen LogP contribution < -0.4 is 26.0 Å². The summed E-state index contributed by atoms with van der Waals surface area (Å²) in [4.78, 5) is 70.7. The van der Waals surface area contributed by atoms with Gasteiger partial charge in [-0.1, -0.05) is 140 Å². The molecular formula is C77H77Cl2F6N9O10S2. The van der Waals surface area contributed by atoms with Crippen molar-refractivity contribution in [1.29, 1.82) is 0 Å². The first kappa shape index (κ1) is 81.6. The number of piperidine rings is 1. The second kappa shape index (κ2) is 39.4. The highest BCUT2D eigenvalue weighted by atomic mass is 35.5. The molecule has 11 rings (SSSR count). The Hall–Kier alpha value is -10.0. The molecule has 0 spiro atoms. The Balaban J connectivity index is 0.000000178. The van der Waals surface area contributed by atoms with Crippen LogP contribution >= 0.6 is 23.2 Å². The Morgan fingerprint density at radius 1 is 0.623 bits per heavy atom. The molecule has 0 aliphatic carbocycles. The van der Waals surface area contributed by atoms with E-state index in [1.165, 1.54) is 24.3 Å². The van der Waals surface area contributed by atoms with E-state index < -0.39 is 72.5 Å². The molecule has 558 valence electrons. The zero-order valence-corrected chi connectivity index (χ0v) is 61.0. The summed E-state index contributed by atoms with van der Waals surface area (Å²) in [5.74, 6) is -6.93. The van der Waals surface area contributed by atoms with Crippen LogP contribution in [0.5, 0.6) is 0 Å². The van der Waals surface area contributed by atoms with Gasteiger partial charge in [0.1, 0.15) is 41.5 Å². The van der Waals surface area contributed by atoms with Gasteiger partial charge < -0.3 is 30.9 Å². The number of carbonyl (C=O) groups excluding carboxylic acids is 5. The van der Waals surface area contributed by atoms with Crippen molar-refractivity contribution in [3.05, 3.63) is 284 Å². The lowest BCUT2D eigenvalue weighted by atomic mass is 9.96. The maximum absolute atomic E-state index is 14.1. The smallest absolute Gasteiger partial charge is 0.293 e. The van der Waals surface area contributed by atoms with Crippen LogP contribution in [0.15, 0.2) is 214 Å². The fourth-order valence-electron chi connectivity index (χ4n) is 11.0. The monoisotopic (exact) mass is 1540 g/mol. The van der Waals surface area contributed by atoms with Gasteiger partial charge in [0.15, 0.2) is 23.3 Å². The van der Waals surface area contributed by atoms with Crippen molar-refractivity contribution in [2.75, 3.05) is 32.8 Å². The van der Waals surface area contributed by atoms with E-state index in [1.807, 2.05) is 66.7 Å². The Morgan fingerprint density at radius 3 is 1.86 bits per heavy atom. The number of pyridine rings is 1. The summed E-state index contributed by atoms with van der Waals surface area (Å²) in [5.41, 5.74) is 3.78. The third kappa shape index (κ3) is 23.0. The van der Waals surface area contributed by atoms with E-state index in [0.717, 1.165) is 93.1 Å². The van der Waals surface area contributed by atoms with Crippen molar-refractivity contribution in [3.8, 4) is 0 Å². The second-order valence-electron chi connectivity index (χ2n) is 24.5. The number of rotatable bonds is 21. The molecule has 8 aromatic rings. The normalized spacial score (nSPS) is 15.1. The van der Waals surface area contributed by atoms with E-state index >= 15 is 0 Å². The van der Waals surface area contributed by atoms with Crippen molar-refractivity contribution in [2.24, 2.45) is 4.99 Å². The number of halogens is 8. The van der Waals surface area contributed by atoms with Crippen LogP contribution in [0.3, 0.4) is 0 Å². The van der Waals surface area contributed by atoms with Gasteiger partial charge in [-0.05, 0) is 147 Å². The molecule has 3 aliphatic rings. The predicted octanol–water partition coefficient (Wildman–Crippen LogP) is 14.0. The van der Waals surface area contributed by atoms with Crippen LogP contribution in [0.1, 0.15) is 137 Å².